The summed E-state index contributed by atoms with van der Waals surface area (Å²) in [5, 5.41) is 21.8. The van der Waals surface area contributed by atoms with Gasteiger partial charge in [-0.15, -0.1) is 0 Å². The molecular weight excluding hydrogens is 246 g/mol. The Balaban J connectivity index is 2.04. The molecule has 0 fully saturated rings. The van der Waals surface area contributed by atoms with Crippen LogP contribution in [0.15, 0.2) is 34.9 Å². The van der Waals surface area contributed by atoms with Crippen molar-refractivity contribution in [1.29, 1.82) is 0 Å². The molecule has 2 aromatic rings. The molecule has 0 saturated heterocycles. The molecule has 2 N–H and O–H groups in total. The third-order valence-electron chi connectivity index (χ3n) is 2.69. The number of benzene rings is 1. The van der Waals surface area contributed by atoms with Crippen molar-refractivity contribution in [1.82, 2.24) is 15.0 Å². The summed E-state index contributed by atoms with van der Waals surface area (Å²) in [6.07, 6.45) is 0. The number of hydrogen-bond donors (Lipinski definition) is 2. The van der Waals surface area contributed by atoms with Gasteiger partial charge in [0.25, 0.3) is 5.89 Å². The fourth-order valence-electron chi connectivity index (χ4n) is 1.77. The second kappa shape index (κ2) is 6.98. The van der Waals surface area contributed by atoms with E-state index in [0.717, 1.165) is 5.56 Å². The van der Waals surface area contributed by atoms with E-state index < -0.39 is 0 Å². The van der Waals surface area contributed by atoms with Crippen molar-refractivity contribution >= 4 is 0 Å². The number of aromatic nitrogens is 2. The zero-order valence-corrected chi connectivity index (χ0v) is 10.6. The summed E-state index contributed by atoms with van der Waals surface area (Å²) in [5.74, 6) is 1.02. The van der Waals surface area contributed by atoms with Crippen LogP contribution in [-0.4, -0.2) is 51.6 Å². The van der Waals surface area contributed by atoms with Crippen molar-refractivity contribution in [2.45, 2.75) is 6.54 Å². The molecule has 19 heavy (non-hydrogen) atoms. The summed E-state index contributed by atoms with van der Waals surface area (Å²) in [7, 11) is 0. The molecule has 0 atom stereocenters. The maximum absolute atomic E-state index is 8.94. The normalized spacial score (nSPS) is 11.1. The first-order valence-electron chi connectivity index (χ1n) is 6.15. The van der Waals surface area contributed by atoms with Gasteiger partial charge in [-0.05, 0) is 12.1 Å². The summed E-state index contributed by atoms with van der Waals surface area (Å²) in [5.41, 5.74) is 0.872. The lowest BCUT2D eigenvalue weighted by molar-refractivity contribution is 0.152. The first-order chi connectivity index (χ1) is 9.33. The zero-order valence-electron chi connectivity index (χ0n) is 10.6. The van der Waals surface area contributed by atoms with Gasteiger partial charge >= 0.3 is 0 Å². The molecule has 0 bridgehead atoms. The minimum absolute atomic E-state index is 0.0311. The number of hydrogen-bond acceptors (Lipinski definition) is 6. The Labute approximate surface area is 111 Å². The van der Waals surface area contributed by atoms with E-state index in [1.807, 2.05) is 35.2 Å². The van der Waals surface area contributed by atoms with Crippen LogP contribution in [0, 0.1) is 0 Å². The molecule has 1 aromatic heterocycles. The van der Waals surface area contributed by atoms with Gasteiger partial charge in [-0.1, -0.05) is 23.4 Å². The van der Waals surface area contributed by atoms with Gasteiger partial charge in [0.15, 0.2) is 5.82 Å². The predicted octanol–water partition coefficient (Wildman–Crippen LogP) is 0.523. The van der Waals surface area contributed by atoms with E-state index in [2.05, 4.69) is 10.1 Å². The Bertz CT molecular complexity index is 481. The van der Waals surface area contributed by atoms with E-state index in [9.17, 15) is 0 Å². The molecule has 0 aliphatic carbocycles. The van der Waals surface area contributed by atoms with Crippen LogP contribution in [0.2, 0.25) is 0 Å². The standard InChI is InChI=1S/C13H17N3O3/c17-8-6-16(7-9-18)10-12-14-13(19-15-12)11-4-2-1-3-5-11/h1-5,17-18H,6-10H2. The third kappa shape index (κ3) is 3.85. The van der Waals surface area contributed by atoms with Crippen LogP contribution in [0.3, 0.4) is 0 Å². The Morgan fingerprint density at radius 3 is 2.37 bits per heavy atom. The summed E-state index contributed by atoms with van der Waals surface area (Å²) >= 11 is 0. The van der Waals surface area contributed by atoms with Gasteiger partial charge in [0.05, 0.1) is 19.8 Å². The van der Waals surface area contributed by atoms with Crippen molar-refractivity contribution in [3.63, 3.8) is 0 Å². The molecular formula is C13H17N3O3. The van der Waals surface area contributed by atoms with Crippen LogP contribution in [0.4, 0.5) is 0 Å². The van der Waals surface area contributed by atoms with Crippen molar-refractivity contribution in [2.75, 3.05) is 26.3 Å². The molecule has 102 valence electrons. The average Bonchev–Trinajstić information content (AvgIpc) is 2.89. The fraction of sp³-hybridized carbons (Fsp3) is 0.385. The first kappa shape index (κ1) is 13.7. The van der Waals surface area contributed by atoms with Crippen LogP contribution in [0.25, 0.3) is 11.5 Å². The van der Waals surface area contributed by atoms with Gasteiger partial charge < -0.3 is 14.7 Å². The lowest BCUT2D eigenvalue weighted by atomic mass is 10.2. The minimum Gasteiger partial charge on any atom is -0.395 e. The topological polar surface area (TPSA) is 82.6 Å². The first-order valence-corrected chi connectivity index (χ1v) is 6.15. The molecule has 0 aliphatic heterocycles. The van der Waals surface area contributed by atoms with E-state index in [1.165, 1.54) is 0 Å². The van der Waals surface area contributed by atoms with E-state index >= 15 is 0 Å². The molecule has 1 aromatic carbocycles. The highest BCUT2D eigenvalue weighted by Gasteiger charge is 2.12. The van der Waals surface area contributed by atoms with Gasteiger partial charge in [-0.2, -0.15) is 4.98 Å². The molecule has 0 unspecified atom stereocenters. The maximum Gasteiger partial charge on any atom is 0.257 e. The lowest BCUT2D eigenvalue weighted by Gasteiger charge is -2.17. The van der Waals surface area contributed by atoms with Crippen LogP contribution in [0.5, 0.6) is 0 Å². The van der Waals surface area contributed by atoms with Crippen LogP contribution >= 0.6 is 0 Å². The van der Waals surface area contributed by atoms with Crippen molar-refractivity contribution in [2.24, 2.45) is 0 Å². The predicted molar refractivity (Wildman–Crippen MR) is 69.2 cm³/mol. The van der Waals surface area contributed by atoms with Crippen LogP contribution in [0.1, 0.15) is 5.82 Å². The summed E-state index contributed by atoms with van der Waals surface area (Å²) in [6.45, 7) is 1.44. The second-order valence-electron chi connectivity index (χ2n) is 4.11. The zero-order chi connectivity index (χ0) is 13.5. The molecule has 0 saturated carbocycles. The number of aliphatic hydroxyl groups excluding tert-OH is 2. The second-order valence-corrected chi connectivity index (χ2v) is 4.11. The molecule has 2 rings (SSSR count). The smallest absolute Gasteiger partial charge is 0.257 e. The van der Waals surface area contributed by atoms with Crippen LogP contribution in [-0.2, 0) is 6.54 Å². The Morgan fingerprint density at radius 1 is 1.05 bits per heavy atom. The minimum atomic E-state index is 0.0311. The number of rotatable bonds is 7. The molecule has 6 heteroatoms. The van der Waals surface area contributed by atoms with Crippen molar-refractivity contribution in [3.8, 4) is 11.5 Å². The summed E-state index contributed by atoms with van der Waals surface area (Å²) in [4.78, 5) is 6.16. The molecule has 0 spiro atoms. The Morgan fingerprint density at radius 2 is 1.74 bits per heavy atom. The monoisotopic (exact) mass is 263 g/mol. The Kier molecular flexibility index (Phi) is 5.02. The number of aliphatic hydroxyl groups is 2. The Hall–Kier alpha value is -1.76. The highest BCUT2D eigenvalue weighted by Crippen LogP contribution is 2.16. The van der Waals surface area contributed by atoms with Gasteiger partial charge in [0.1, 0.15) is 0 Å². The van der Waals surface area contributed by atoms with E-state index in [-0.39, 0.29) is 13.2 Å². The molecule has 6 nitrogen and oxygen atoms in total. The van der Waals surface area contributed by atoms with Crippen molar-refractivity contribution in [3.05, 3.63) is 36.2 Å². The molecule has 1 heterocycles. The van der Waals surface area contributed by atoms with Gasteiger partial charge in [-0.3, -0.25) is 4.90 Å². The van der Waals surface area contributed by atoms with Gasteiger partial charge in [-0.25, -0.2) is 0 Å². The third-order valence-corrected chi connectivity index (χ3v) is 2.69. The van der Waals surface area contributed by atoms with Crippen molar-refractivity contribution < 1.29 is 14.7 Å². The largest absolute Gasteiger partial charge is 0.395 e. The fourth-order valence-corrected chi connectivity index (χ4v) is 1.77. The molecule has 0 amide bonds. The summed E-state index contributed by atoms with van der Waals surface area (Å²) < 4.78 is 5.20. The SMILES string of the molecule is OCCN(CCO)Cc1noc(-c2ccccc2)n1. The highest BCUT2D eigenvalue weighted by atomic mass is 16.5. The lowest BCUT2D eigenvalue weighted by Crippen LogP contribution is -2.29. The maximum atomic E-state index is 8.94. The van der Waals surface area contributed by atoms with Gasteiger partial charge in [0.2, 0.25) is 0 Å². The van der Waals surface area contributed by atoms with Crippen LogP contribution < -0.4 is 0 Å². The number of nitrogens with zero attached hydrogens (tertiary/aromatic N) is 3. The van der Waals surface area contributed by atoms with E-state index in [1.54, 1.807) is 0 Å². The molecule has 0 radical (unpaired) electrons. The van der Waals surface area contributed by atoms with Gasteiger partial charge in [0, 0.05) is 18.7 Å². The highest BCUT2D eigenvalue weighted by molar-refractivity contribution is 5.51. The summed E-state index contributed by atoms with van der Waals surface area (Å²) in [6, 6.07) is 9.53. The van der Waals surface area contributed by atoms with E-state index in [0.29, 0.717) is 31.3 Å². The quantitative estimate of drug-likeness (QED) is 0.758. The average molecular weight is 263 g/mol. The van der Waals surface area contributed by atoms with E-state index in [4.69, 9.17) is 14.7 Å². The molecule has 0 aliphatic rings.